The Morgan fingerprint density at radius 3 is 3.11 bits per heavy atom. The maximum atomic E-state index is 3.45. The maximum absolute atomic E-state index is 3.45. The Hall–Kier alpha value is 0.650. The molecule has 56 valence electrons. The summed E-state index contributed by atoms with van der Waals surface area (Å²) in [5.41, 5.74) is 0. The second-order valence-electron chi connectivity index (χ2n) is 2.23. The molecule has 1 fully saturated rings. The monoisotopic (exact) mass is 242 g/mol. The molecule has 1 aliphatic rings. The number of rotatable bonds is 2. The summed E-state index contributed by atoms with van der Waals surface area (Å²) in [5.74, 6) is 0. The molecule has 9 heavy (non-hydrogen) atoms. The van der Waals surface area contributed by atoms with Gasteiger partial charge < -0.3 is 0 Å². The number of hydrogen-bond donors (Lipinski definition) is 2. The Labute approximate surface area is 64.2 Å². The predicted molar refractivity (Wildman–Crippen MR) is 50.3 cm³/mol. The first kappa shape index (κ1) is 7.75. The van der Waals surface area contributed by atoms with E-state index >= 15 is 0 Å². The van der Waals surface area contributed by atoms with Gasteiger partial charge in [-0.25, -0.2) is 0 Å². The van der Waals surface area contributed by atoms with Crippen molar-refractivity contribution in [2.45, 2.75) is 6.42 Å². The summed E-state index contributed by atoms with van der Waals surface area (Å²) in [5, 5.41) is 6.72. The van der Waals surface area contributed by atoms with Crippen LogP contribution < -0.4 is 10.6 Å². The molecule has 0 bridgehead atoms. The molecule has 1 rings (SSSR count). The van der Waals surface area contributed by atoms with Gasteiger partial charge in [0, 0.05) is 0 Å². The molecule has 3 heteroatoms. The van der Waals surface area contributed by atoms with Gasteiger partial charge in [-0.05, 0) is 0 Å². The van der Waals surface area contributed by atoms with Gasteiger partial charge in [-0.2, -0.15) is 0 Å². The topological polar surface area (TPSA) is 24.1 Å². The van der Waals surface area contributed by atoms with E-state index in [-0.39, 0.29) is 0 Å². The summed E-state index contributed by atoms with van der Waals surface area (Å²) in [6, 6.07) is 0. The summed E-state index contributed by atoms with van der Waals surface area (Å²) < 4.78 is 4.25. The first-order valence-electron chi connectivity index (χ1n) is 3.36. The van der Waals surface area contributed by atoms with Crippen LogP contribution in [0.4, 0.5) is 0 Å². The molecule has 0 aromatic carbocycles. The van der Waals surface area contributed by atoms with Crippen molar-refractivity contribution in [3.63, 3.8) is 0 Å². The van der Waals surface area contributed by atoms with Crippen LogP contribution in [0.25, 0.3) is 0 Å². The van der Waals surface area contributed by atoms with Crippen molar-refractivity contribution in [3.05, 3.63) is 0 Å². The molecule has 0 saturated carbocycles. The molecule has 0 amide bonds. The molecule has 0 aromatic heterocycles. The fourth-order valence-electron chi connectivity index (χ4n) is 0.951. The van der Waals surface area contributed by atoms with Crippen molar-refractivity contribution in [2.75, 3.05) is 27.1 Å². The van der Waals surface area contributed by atoms with Gasteiger partial charge in [0.15, 0.2) is 0 Å². The van der Waals surface area contributed by atoms with Crippen molar-refractivity contribution in [2.24, 2.45) is 0 Å². The van der Waals surface area contributed by atoms with E-state index in [9.17, 15) is 0 Å². The van der Waals surface area contributed by atoms with E-state index in [2.05, 4.69) is 17.7 Å². The third kappa shape index (κ3) is 2.82. The van der Waals surface area contributed by atoms with Crippen molar-refractivity contribution in [3.8, 4) is 0 Å². The van der Waals surface area contributed by atoms with E-state index in [1.165, 1.54) is 22.1 Å². The fraction of sp³-hybridized carbons (Fsp3) is 1.00. The molecule has 0 radical (unpaired) electrons. The van der Waals surface area contributed by atoms with E-state index in [1.807, 2.05) is 0 Å². The van der Waals surface area contributed by atoms with Gasteiger partial charge >= 0.3 is 64.0 Å². The average molecular weight is 242 g/mol. The second-order valence-corrected chi connectivity index (χ2v) is 8.07. The molecular formula is C6H15IN2. The first-order valence-corrected chi connectivity index (χ1v) is 7.94. The molecule has 0 aromatic rings. The molecule has 0 unspecified atom stereocenters. The summed E-state index contributed by atoms with van der Waals surface area (Å²) in [6.45, 7) is 1.26. The Kier molecular flexibility index (Phi) is 3.85. The zero-order valence-electron chi connectivity index (χ0n) is 5.91. The van der Waals surface area contributed by atoms with Gasteiger partial charge in [-0.3, -0.25) is 0 Å². The minimum atomic E-state index is -0.505. The summed E-state index contributed by atoms with van der Waals surface area (Å²) in [7, 11) is 2.06. The van der Waals surface area contributed by atoms with E-state index < -0.39 is 19.8 Å². The molecule has 1 aliphatic heterocycles. The van der Waals surface area contributed by atoms with Gasteiger partial charge in [-0.15, -0.1) is 0 Å². The normalized spacial score (nSPS) is 24.3. The molecule has 1 heterocycles. The number of nitrogens with one attached hydrogen (secondary N) is 2. The van der Waals surface area contributed by atoms with Crippen molar-refractivity contribution in [1.82, 2.24) is 10.6 Å². The van der Waals surface area contributed by atoms with Crippen LogP contribution in [0.1, 0.15) is 6.42 Å². The second kappa shape index (κ2) is 4.46. The average Bonchev–Trinajstić information content (AvgIpc) is 1.91. The van der Waals surface area contributed by atoms with Gasteiger partial charge in [0.2, 0.25) is 0 Å². The molecule has 0 spiro atoms. The van der Waals surface area contributed by atoms with Crippen molar-refractivity contribution in [1.29, 1.82) is 0 Å². The first-order chi connectivity index (χ1) is 4.43. The predicted octanol–water partition coefficient (Wildman–Crippen LogP) is 0.620. The number of hydrogen-bond acceptors (Lipinski definition) is 2. The van der Waals surface area contributed by atoms with Crippen molar-refractivity contribution >= 4 is 19.8 Å². The van der Waals surface area contributed by atoms with E-state index in [0.717, 1.165) is 0 Å². The van der Waals surface area contributed by atoms with Crippen LogP contribution in [-0.2, 0) is 0 Å². The van der Waals surface area contributed by atoms with Crippen molar-refractivity contribution < 1.29 is 0 Å². The minimum absolute atomic E-state index is 0.505. The number of alkyl halides is 3. The molecule has 0 aliphatic carbocycles. The van der Waals surface area contributed by atoms with Crippen LogP contribution in [-0.4, -0.2) is 27.1 Å². The fourth-order valence-corrected chi connectivity index (χ4v) is 5.67. The van der Waals surface area contributed by atoms with Crippen LogP contribution in [0.3, 0.4) is 0 Å². The van der Waals surface area contributed by atoms with Crippen LogP contribution in [0.5, 0.6) is 0 Å². The van der Waals surface area contributed by atoms with Crippen LogP contribution in [0.2, 0.25) is 0 Å². The zero-order valence-corrected chi connectivity index (χ0v) is 8.07. The standard InChI is InChI=1S/C6H15IN2/c1-8-5-7-3-2-4-9-6-7/h8-9H,2-6H2,1H3. The Balaban J connectivity index is 2.08. The molecular weight excluding hydrogens is 227 g/mol. The Bertz CT molecular complexity index is 68.7. The molecule has 2 nitrogen and oxygen atoms in total. The van der Waals surface area contributed by atoms with Gasteiger partial charge in [0.05, 0.1) is 0 Å². The van der Waals surface area contributed by atoms with Crippen LogP contribution in [0, 0.1) is 0 Å². The van der Waals surface area contributed by atoms with Gasteiger partial charge in [-0.1, -0.05) is 0 Å². The van der Waals surface area contributed by atoms with Crippen LogP contribution >= 0.6 is 19.8 Å². The summed E-state index contributed by atoms with van der Waals surface area (Å²) in [4.78, 5) is 0. The van der Waals surface area contributed by atoms with E-state index in [4.69, 9.17) is 0 Å². The Morgan fingerprint density at radius 1 is 1.67 bits per heavy atom. The third-order valence-electron chi connectivity index (χ3n) is 1.36. The van der Waals surface area contributed by atoms with Crippen LogP contribution in [0.15, 0.2) is 0 Å². The SMILES string of the molecule is CNCI1CCCNC1. The molecule has 2 N–H and O–H groups in total. The quantitative estimate of drug-likeness (QED) is 0.421. The third-order valence-corrected chi connectivity index (χ3v) is 7.11. The number of halogens is 1. The van der Waals surface area contributed by atoms with Gasteiger partial charge in [0.25, 0.3) is 0 Å². The Morgan fingerprint density at radius 2 is 2.56 bits per heavy atom. The summed E-state index contributed by atoms with van der Waals surface area (Å²) >= 11 is -0.505. The molecule has 0 atom stereocenters. The zero-order chi connectivity index (χ0) is 6.53. The van der Waals surface area contributed by atoms with Gasteiger partial charge in [0.1, 0.15) is 0 Å². The van der Waals surface area contributed by atoms with E-state index in [0.29, 0.717) is 0 Å². The van der Waals surface area contributed by atoms with E-state index in [1.54, 1.807) is 4.43 Å². The molecule has 1 saturated heterocycles. The summed E-state index contributed by atoms with van der Waals surface area (Å²) in [6.07, 6.45) is 1.42.